The first-order valence-electron chi connectivity index (χ1n) is 6.68. The van der Waals surface area contributed by atoms with Gasteiger partial charge in [0.2, 0.25) is 5.91 Å². The predicted molar refractivity (Wildman–Crippen MR) is 68.9 cm³/mol. The van der Waals surface area contributed by atoms with E-state index in [1.165, 1.54) is 5.56 Å². The number of pyridine rings is 1. The number of carbonyl (C=O) groups excluding carboxylic acids is 1. The van der Waals surface area contributed by atoms with Crippen LogP contribution in [0.2, 0.25) is 0 Å². The molecule has 0 aliphatic carbocycles. The lowest BCUT2D eigenvalue weighted by Gasteiger charge is -2.39. The van der Waals surface area contributed by atoms with Gasteiger partial charge in [0.25, 0.3) is 0 Å². The van der Waals surface area contributed by atoms with E-state index in [9.17, 15) is 4.79 Å². The van der Waals surface area contributed by atoms with Crippen molar-refractivity contribution in [2.75, 3.05) is 13.1 Å². The highest BCUT2D eigenvalue weighted by Gasteiger charge is 2.39. The minimum atomic E-state index is 0.117. The summed E-state index contributed by atoms with van der Waals surface area (Å²) in [6, 6.07) is 4.14. The Bertz CT molecular complexity index is 424. The topological polar surface area (TPSA) is 45.2 Å². The number of hydrogen-bond acceptors (Lipinski definition) is 3. The van der Waals surface area contributed by atoms with Crippen molar-refractivity contribution in [1.82, 2.24) is 15.2 Å². The van der Waals surface area contributed by atoms with E-state index in [0.29, 0.717) is 6.42 Å². The van der Waals surface area contributed by atoms with Crippen LogP contribution in [0.1, 0.15) is 31.2 Å². The van der Waals surface area contributed by atoms with Gasteiger partial charge < -0.3 is 5.32 Å². The molecule has 3 rings (SSSR count). The van der Waals surface area contributed by atoms with Crippen LogP contribution >= 0.6 is 0 Å². The van der Waals surface area contributed by atoms with Gasteiger partial charge in [-0.25, -0.2) is 0 Å². The van der Waals surface area contributed by atoms with Gasteiger partial charge in [-0.05, 0) is 37.0 Å². The number of rotatable bonds is 2. The SMILES string of the molecule is O=C1CCC2(CCN(Cc3ccncc3)CC2)N1. The fourth-order valence-electron chi connectivity index (χ4n) is 3.03. The average molecular weight is 245 g/mol. The lowest BCUT2D eigenvalue weighted by Crippen LogP contribution is -2.50. The molecule has 0 saturated carbocycles. The molecule has 2 saturated heterocycles. The average Bonchev–Trinajstić information content (AvgIpc) is 2.75. The van der Waals surface area contributed by atoms with Gasteiger partial charge >= 0.3 is 0 Å². The molecular weight excluding hydrogens is 226 g/mol. The summed E-state index contributed by atoms with van der Waals surface area (Å²) < 4.78 is 0. The molecule has 4 nitrogen and oxygen atoms in total. The lowest BCUT2D eigenvalue weighted by molar-refractivity contribution is -0.120. The van der Waals surface area contributed by atoms with Crippen molar-refractivity contribution in [2.45, 2.75) is 37.8 Å². The Kier molecular flexibility index (Phi) is 3.04. The quantitative estimate of drug-likeness (QED) is 0.855. The molecule has 4 heteroatoms. The molecule has 1 amide bonds. The first kappa shape index (κ1) is 11.7. The molecule has 0 unspecified atom stereocenters. The smallest absolute Gasteiger partial charge is 0.220 e. The van der Waals surface area contributed by atoms with Crippen LogP contribution < -0.4 is 5.32 Å². The Morgan fingerprint density at radius 3 is 2.56 bits per heavy atom. The van der Waals surface area contributed by atoms with Crippen molar-refractivity contribution in [1.29, 1.82) is 0 Å². The largest absolute Gasteiger partial charge is 0.351 e. The third kappa shape index (κ3) is 2.38. The number of carbonyl (C=O) groups is 1. The zero-order valence-corrected chi connectivity index (χ0v) is 10.6. The number of likely N-dealkylation sites (tertiary alicyclic amines) is 1. The van der Waals surface area contributed by atoms with Crippen LogP contribution in [-0.4, -0.2) is 34.4 Å². The van der Waals surface area contributed by atoms with Gasteiger partial charge in [0, 0.05) is 44.0 Å². The number of nitrogens with one attached hydrogen (secondary N) is 1. The van der Waals surface area contributed by atoms with Crippen molar-refractivity contribution in [3.05, 3.63) is 30.1 Å². The predicted octanol–water partition coefficient (Wildman–Crippen LogP) is 1.33. The van der Waals surface area contributed by atoms with Gasteiger partial charge in [-0.3, -0.25) is 14.7 Å². The van der Waals surface area contributed by atoms with Gasteiger partial charge in [-0.1, -0.05) is 0 Å². The summed E-state index contributed by atoms with van der Waals surface area (Å²) in [5.74, 6) is 0.234. The third-order valence-electron chi connectivity index (χ3n) is 4.20. The van der Waals surface area contributed by atoms with Crippen LogP contribution in [-0.2, 0) is 11.3 Å². The molecule has 2 fully saturated rings. The molecule has 2 aliphatic rings. The van der Waals surface area contributed by atoms with E-state index in [2.05, 4.69) is 27.3 Å². The summed E-state index contributed by atoms with van der Waals surface area (Å²) in [4.78, 5) is 17.9. The van der Waals surface area contributed by atoms with Crippen molar-refractivity contribution in [2.24, 2.45) is 0 Å². The minimum Gasteiger partial charge on any atom is -0.351 e. The Hall–Kier alpha value is -1.42. The molecule has 0 radical (unpaired) electrons. The van der Waals surface area contributed by atoms with Crippen LogP contribution in [0.15, 0.2) is 24.5 Å². The monoisotopic (exact) mass is 245 g/mol. The second-order valence-corrected chi connectivity index (χ2v) is 5.46. The first-order valence-corrected chi connectivity index (χ1v) is 6.68. The van der Waals surface area contributed by atoms with Crippen molar-refractivity contribution >= 4 is 5.91 Å². The highest BCUT2D eigenvalue weighted by atomic mass is 16.2. The summed E-state index contributed by atoms with van der Waals surface area (Å²) in [6.07, 6.45) is 7.60. The van der Waals surface area contributed by atoms with Gasteiger partial charge in [-0.15, -0.1) is 0 Å². The number of nitrogens with zero attached hydrogens (tertiary/aromatic N) is 2. The van der Waals surface area contributed by atoms with E-state index >= 15 is 0 Å². The van der Waals surface area contributed by atoms with Crippen LogP contribution in [0.3, 0.4) is 0 Å². The lowest BCUT2D eigenvalue weighted by atomic mass is 9.86. The van der Waals surface area contributed by atoms with E-state index in [4.69, 9.17) is 0 Å². The van der Waals surface area contributed by atoms with Crippen molar-refractivity contribution < 1.29 is 4.79 Å². The summed E-state index contributed by atoms with van der Waals surface area (Å²) in [5, 5.41) is 3.18. The molecule has 0 atom stereocenters. The van der Waals surface area contributed by atoms with Gasteiger partial charge in [0.1, 0.15) is 0 Å². The van der Waals surface area contributed by atoms with Crippen LogP contribution in [0.4, 0.5) is 0 Å². The Balaban J connectivity index is 1.56. The van der Waals surface area contributed by atoms with Gasteiger partial charge in [0.15, 0.2) is 0 Å². The second kappa shape index (κ2) is 4.69. The highest BCUT2D eigenvalue weighted by molar-refractivity contribution is 5.79. The highest BCUT2D eigenvalue weighted by Crippen LogP contribution is 2.31. The normalized spacial score (nSPS) is 23.2. The third-order valence-corrected chi connectivity index (χ3v) is 4.20. The summed E-state index contributed by atoms with van der Waals surface area (Å²) in [5.41, 5.74) is 1.43. The molecule has 0 bridgehead atoms. The number of aromatic nitrogens is 1. The minimum absolute atomic E-state index is 0.117. The molecule has 0 aromatic carbocycles. The van der Waals surface area contributed by atoms with Crippen LogP contribution in [0, 0.1) is 0 Å². The van der Waals surface area contributed by atoms with Crippen molar-refractivity contribution in [3.63, 3.8) is 0 Å². The van der Waals surface area contributed by atoms with E-state index in [1.54, 1.807) is 0 Å². The fourth-order valence-corrected chi connectivity index (χ4v) is 3.03. The molecule has 1 aromatic heterocycles. The van der Waals surface area contributed by atoms with Crippen LogP contribution in [0.25, 0.3) is 0 Å². The maximum Gasteiger partial charge on any atom is 0.220 e. The summed E-state index contributed by atoms with van der Waals surface area (Å²) in [6.45, 7) is 3.14. The van der Waals surface area contributed by atoms with E-state index in [-0.39, 0.29) is 11.4 Å². The molecule has 1 N–H and O–H groups in total. The number of amides is 1. The second-order valence-electron chi connectivity index (χ2n) is 5.46. The zero-order chi connectivity index (χ0) is 12.4. The zero-order valence-electron chi connectivity index (χ0n) is 10.6. The van der Waals surface area contributed by atoms with E-state index in [0.717, 1.165) is 38.9 Å². The summed E-state index contributed by atoms with van der Waals surface area (Å²) in [7, 11) is 0. The van der Waals surface area contributed by atoms with Gasteiger partial charge in [0.05, 0.1) is 0 Å². The molecule has 3 heterocycles. The molecule has 1 aromatic rings. The maximum atomic E-state index is 11.4. The van der Waals surface area contributed by atoms with Crippen molar-refractivity contribution in [3.8, 4) is 0 Å². The molecule has 2 aliphatic heterocycles. The van der Waals surface area contributed by atoms with E-state index < -0.39 is 0 Å². The molecule has 96 valence electrons. The number of hydrogen-bond donors (Lipinski definition) is 1. The number of piperidine rings is 1. The van der Waals surface area contributed by atoms with Crippen LogP contribution in [0.5, 0.6) is 0 Å². The summed E-state index contributed by atoms with van der Waals surface area (Å²) >= 11 is 0. The van der Waals surface area contributed by atoms with Gasteiger partial charge in [-0.2, -0.15) is 0 Å². The first-order chi connectivity index (χ1) is 8.76. The Labute approximate surface area is 107 Å². The van der Waals surface area contributed by atoms with E-state index in [1.807, 2.05) is 12.4 Å². The molecular formula is C14H19N3O. The molecule has 1 spiro atoms. The fraction of sp³-hybridized carbons (Fsp3) is 0.571. The maximum absolute atomic E-state index is 11.4. The molecule has 18 heavy (non-hydrogen) atoms. The standard InChI is InChI=1S/C14H19N3O/c18-13-1-4-14(16-13)5-9-17(10-6-14)11-12-2-7-15-8-3-12/h2-3,7-8H,1,4-6,9-11H2,(H,16,18). The Morgan fingerprint density at radius 1 is 1.22 bits per heavy atom. The Morgan fingerprint density at radius 2 is 1.94 bits per heavy atom.